The van der Waals surface area contributed by atoms with E-state index in [1.165, 1.54) is 0 Å². The first-order valence-electron chi connectivity index (χ1n) is 6.85. The van der Waals surface area contributed by atoms with Crippen molar-refractivity contribution in [3.63, 3.8) is 0 Å². The standard InChI is InChI=1S/C15H25NO3/c1-4-12(10-17)16-14(5-2)15(18)11-6-8-13(19-3)9-7-11/h6-9,12,14-18H,4-5,10H2,1-3H3. The molecule has 4 heteroatoms. The van der Waals surface area contributed by atoms with Crippen molar-refractivity contribution in [3.05, 3.63) is 29.8 Å². The lowest BCUT2D eigenvalue weighted by Gasteiger charge is -2.27. The zero-order valence-electron chi connectivity index (χ0n) is 12.0. The van der Waals surface area contributed by atoms with Gasteiger partial charge >= 0.3 is 0 Å². The number of hydrogen-bond donors (Lipinski definition) is 3. The maximum atomic E-state index is 10.4. The molecule has 0 aliphatic carbocycles. The van der Waals surface area contributed by atoms with Crippen LogP contribution in [0.15, 0.2) is 24.3 Å². The minimum Gasteiger partial charge on any atom is -0.497 e. The molecule has 19 heavy (non-hydrogen) atoms. The Morgan fingerprint density at radius 3 is 2.21 bits per heavy atom. The molecule has 0 aromatic heterocycles. The number of aliphatic hydroxyl groups is 2. The maximum Gasteiger partial charge on any atom is 0.118 e. The SMILES string of the molecule is CCC(CO)NC(CC)C(O)c1ccc(OC)cc1. The summed E-state index contributed by atoms with van der Waals surface area (Å²) >= 11 is 0. The molecule has 0 bridgehead atoms. The summed E-state index contributed by atoms with van der Waals surface area (Å²) in [5.74, 6) is 0.777. The molecule has 0 fully saturated rings. The van der Waals surface area contributed by atoms with Gasteiger partial charge in [0.2, 0.25) is 0 Å². The van der Waals surface area contributed by atoms with Crippen LogP contribution < -0.4 is 10.1 Å². The summed E-state index contributed by atoms with van der Waals surface area (Å²) in [5.41, 5.74) is 0.855. The third-order valence-corrected chi connectivity index (χ3v) is 3.44. The van der Waals surface area contributed by atoms with E-state index in [4.69, 9.17) is 4.74 Å². The molecule has 1 aromatic carbocycles. The Kier molecular flexibility index (Phi) is 6.84. The minimum atomic E-state index is -0.587. The normalized spacial score (nSPS) is 15.8. The van der Waals surface area contributed by atoms with Gasteiger partial charge in [-0.25, -0.2) is 0 Å². The number of rotatable bonds is 8. The molecule has 3 unspecified atom stereocenters. The van der Waals surface area contributed by atoms with Crippen LogP contribution in [0.3, 0.4) is 0 Å². The molecular formula is C15H25NO3. The van der Waals surface area contributed by atoms with Gasteiger partial charge in [0.25, 0.3) is 0 Å². The van der Waals surface area contributed by atoms with Crippen molar-refractivity contribution in [1.82, 2.24) is 5.32 Å². The number of nitrogens with one attached hydrogen (secondary N) is 1. The Bertz CT molecular complexity index is 349. The van der Waals surface area contributed by atoms with Crippen LogP contribution in [0.25, 0.3) is 0 Å². The third kappa shape index (κ3) is 4.49. The fourth-order valence-electron chi connectivity index (χ4n) is 2.07. The molecular weight excluding hydrogens is 242 g/mol. The van der Waals surface area contributed by atoms with Gasteiger partial charge in [-0.05, 0) is 30.5 Å². The molecule has 0 aliphatic heterocycles. The van der Waals surface area contributed by atoms with E-state index >= 15 is 0 Å². The van der Waals surface area contributed by atoms with Gasteiger partial charge in [0.05, 0.1) is 19.8 Å². The van der Waals surface area contributed by atoms with Crippen LogP contribution in [0.4, 0.5) is 0 Å². The largest absolute Gasteiger partial charge is 0.497 e. The summed E-state index contributed by atoms with van der Waals surface area (Å²) in [6, 6.07) is 7.38. The van der Waals surface area contributed by atoms with Crippen molar-refractivity contribution in [2.45, 2.75) is 44.9 Å². The van der Waals surface area contributed by atoms with Gasteiger partial charge in [-0.15, -0.1) is 0 Å². The summed E-state index contributed by atoms with van der Waals surface area (Å²) in [4.78, 5) is 0. The van der Waals surface area contributed by atoms with Gasteiger partial charge in [0.1, 0.15) is 5.75 Å². The summed E-state index contributed by atoms with van der Waals surface area (Å²) in [6.45, 7) is 4.12. The van der Waals surface area contributed by atoms with Gasteiger partial charge in [-0.2, -0.15) is 0 Å². The Hall–Kier alpha value is -1.10. The second-order valence-corrected chi connectivity index (χ2v) is 4.69. The van der Waals surface area contributed by atoms with Crippen LogP contribution >= 0.6 is 0 Å². The van der Waals surface area contributed by atoms with Crippen LogP contribution in [0, 0.1) is 0 Å². The molecule has 0 amide bonds. The summed E-state index contributed by atoms with van der Waals surface area (Å²) in [6.07, 6.45) is 1.04. The monoisotopic (exact) mass is 267 g/mol. The number of hydrogen-bond acceptors (Lipinski definition) is 4. The van der Waals surface area contributed by atoms with Gasteiger partial charge in [0.15, 0.2) is 0 Å². The first-order valence-corrected chi connectivity index (χ1v) is 6.85. The van der Waals surface area contributed by atoms with Gasteiger partial charge in [-0.3, -0.25) is 0 Å². The van der Waals surface area contributed by atoms with Crippen molar-refractivity contribution in [1.29, 1.82) is 0 Å². The topological polar surface area (TPSA) is 61.7 Å². The summed E-state index contributed by atoms with van der Waals surface area (Å²) in [5, 5.41) is 22.9. The van der Waals surface area contributed by atoms with E-state index in [2.05, 4.69) is 5.32 Å². The van der Waals surface area contributed by atoms with E-state index in [0.717, 1.165) is 24.2 Å². The molecule has 0 aliphatic rings. The highest BCUT2D eigenvalue weighted by molar-refractivity contribution is 5.29. The molecule has 4 nitrogen and oxygen atoms in total. The number of ether oxygens (including phenoxy) is 1. The average Bonchev–Trinajstić information content (AvgIpc) is 2.48. The molecule has 0 saturated heterocycles. The summed E-state index contributed by atoms with van der Waals surface area (Å²) < 4.78 is 5.10. The highest BCUT2D eigenvalue weighted by atomic mass is 16.5. The van der Waals surface area contributed by atoms with Crippen LogP contribution in [-0.2, 0) is 0 Å². The quantitative estimate of drug-likeness (QED) is 0.673. The van der Waals surface area contributed by atoms with Gasteiger partial charge in [0, 0.05) is 12.1 Å². The van der Waals surface area contributed by atoms with E-state index < -0.39 is 6.10 Å². The highest BCUT2D eigenvalue weighted by Gasteiger charge is 2.21. The first kappa shape index (κ1) is 16.0. The van der Waals surface area contributed by atoms with Crippen molar-refractivity contribution in [2.75, 3.05) is 13.7 Å². The Balaban J connectivity index is 2.73. The number of aliphatic hydroxyl groups excluding tert-OH is 2. The molecule has 3 atom stereocenters. The molecule has 0 radical (unpaired) electrons. The Labute approximate surface area is 115 Å². The first-order chi connectivity index (χ1) is 9.15. The lowest BCUT2D eigenvalue weighted by atomic mass is 9.99. The Morgan fingerprint density at radius 1 is 1.16 bits per heavy atom. The molecule has 0 heterocycles. The van der Waals surface area contributed by atoms with Gasteiger partial charge < -0.3 is 20.3 Å². The average molecular weight is 267 g/mol. The molecule has 3 N–H and O–H groups in total. The third-order valence-electron chi connectivity index (χ3n) is 3.44. The van der Waals surface area contributed by atoms with Gasteiger partial charge in [-0.1, -0.05) is 26.0 Å². The molecule has 1 aromatic rings. The smallest absolute Gasteiger partial charge is 0.118 e. The van der Waals surface area contributed by atoms with E-state index in [-0.39, 0.29) is 18.7 Å². The zero-order chi connectivity index (χ0) is 14.3. The Morgan fingerprint density at radius 2 is 1.79 bits per heavy atom. The van der Waals surface area contributed by atoms with E-state index in [1.54, 1.807) is 7.11 Å². The van der Waals surface area contributed by atoms with Crippen LogP contribution in [0.2, 0.25) is 0 Å². The predicted molar refractivity (Wildman–Crippen MR) is 76.3 cm³/mol. The summed E-state index contributed by atoms with van der Waals surface area (Å²) in [7, 11) is 1.62. The zero-order valence-corrected chi connectivity index (χ0v) is 12.0. The molecule has 108 valence electrons. The fourth-order valence-corrected chi connectivity index (χ4v) is 2.07. The second kappa shape index (κ2) is 8.15. The van der Waals surface area contributed by atoms with Crippen LogP contribution in [0.5, 0.6) is 5.75 Å². The molecule has 0 spiro atoms. The van der Waals surface area contributed by atoms with E-state index in [9.17, 15) is 10.2 Å². The molecule has 0 saturated carbocycles. The lowest BCUT2D eigenvalue weighted by Crippen LogP contribution is -2.43. The highest BCUT2D eigenvalue weighted by Crippen LogP contribution is 2.22. The second-order valence-electron chi connectivity index (χ2n) is 4.69. The van der Waals surface area contributed by atoms with Crippen molar-refractivity contribution < 1.29 is 14.9 Å². The number of benzene rings is 1. The van der Waals surface area contributed by atoms with Crippen molar-refractivity contribution in [3.8, 4) is 5.75 Å². The minimum absolute atomic E-state index is 0.0258. The maximum absolute atomic E-state index is 10.4. The van der Waals surface area contributed by atoms with Crippen molar-refractivity contribution in [2.24, 2.45) is 0 Å². The van der Waals surface area contributed by atoms with E-state index in [1.807, 2.05) is 38.1 Å². The van der Waals surface area contributed by atoms with E-state index in [0.29, 0.717) is 0 Å². The number of methoxy groups -OCH3 is 1. The predicted octanol–water partition coefficient (Wildman–Crippen LogP) is 1.87. The van der Waals surface area contributed by atoms with Crippen molar-refractivity contribution >= 4 is 0 Å². The van der Waals surface area contributed by atoms with Crippen LogP contribution in [0.1, 0.15) is 38.4 Å². The fraction of sp³-hybridized carbons (Fsp3) is 0.600. The molecule has 1 rings (SSSR count). The lowest BCUT2D eigenvalue weighted by molar-refractivity contribution is 0.109. The van der Waals surface area contributed by atoms with Crippen LogP contribution in [-0.4, -0.2) is 36.0 Å².